The minimum atomic E-state index is -0.108. The molecule has 0 radical (unpaired) electrons. The molecule has 7 aromatic carbocycles. The van der Waals surface area contributed by atoms with Gasteiger partial charge in [0.1, 0.15) is 11.2 Å². The maximum absolute atomic E-state index is 6.67. The fourth-order valence-corrected chi connectivity index (χ4v) is 8.59. The summed E-state index contributed by atoms with van der Waals surface area (Å²) in [6.07, 6.45) is 0. The van der Waals surface area contributed by atoms with E-state index in [1.54, 1.807) is 0 Å². The number of nitrogens with zero attached hydrogens (tertiary/aromatic N) is 4. The van der Waals surface area contributed by atoms with Gasteiger partial charge in [-0.15, -0.1) is 0 Å². The molecule has 0 aliphatic heterocycles. The Balaban J connectivity index is 1.25. The van der Waals surface area contributed by atoms with Crippen LogP contribution in [0.25, 0.3) is 94.7 Å². The van der Waals surface area contributed by atoms with Gasteiger partial charge in [-0.25, -0.2) is 15.0 Å². The van der Waals surface area contributed by atoms with Gasteiger partial charge >= 0.3 is 0 Å². The molecule has 1 aliphatic rings. The molecular formula is C48H32N4O. The highest BCUT2D eigenvalue weighted by molar-refractivity contribution is 6.20. The molecule has 5 nitrogen and oxygen atoms in total. The van der Waals surface area contributed by atoms with Gasteiger partial charge in [-0.2, -0.15) is 0 Å². The van der Waals surface area contributed by atoms with Crippen molar-refractivity contribution in [2.75, 3.05) is 0 Å². The van der Waals surface area contributed by atoms with Gasteiger partial charge in [0.2, 0.25) is 0 Å². The minimum absolute atomic E-state index is 0.108. The molecular weight excluding hydrogens is 649 g/mol. The summed E-state index contributed by atoms with van der Waals surface area (Å²) in [7, 11) is 0. The molecule has 0 bridgehead atoms. The van der Waals surface area contributed by atoms with E-state index in [0.717, 1.165) is 55.3 Å². The fraction of sp³-hybridized carbons (Fsp3) is 0.0625. The summed E-state index contributed by atoms with van der Waals surface area (Å²) >= 11 is 0. The largest absolute Gasteiger partial charge is 0.456 e. The fourth-order valence-electron chi connectivity index (χ4n) is 8.59. The van der Waals surface area contributed by atoms with E-state index in [0.29, 0.717) is 17.5 Å². The van der Waals surface area contributed by atoms with Crippen LogP contribution in [-0.4, -0.2) is 19.5 Å². The van der Waals surface area contributed by atoms with E-state index in [1.165, 1.54) is 33.0 Å². The molecule has 0 N–H and O–H groups in total. The average Bonchev–Trinajstić information content (AvgIpc) is 3.83. The molecule has 11 rings (SSSR count). The van der Waals surface area contributed by atoms with Gasteiger partial charge in [-0.05, 0) is 52.6 Å². The van der Waals surface area contributed by atoms with E-state index < -0.39 is 0 Å². The first-order valence-corrected chi connectivity index (χ1v) is 18.0. The molecule has 5 heteroatoms. The Labute approximate surface area is 305 Å². The maximum Gasteiger partial charge on any atom is 0.164 e. The lowest BCUT2D eigenvalue weighted by molar-refractivity contribution is 0.661. The maximum atomic E-state index is 6.67. The van der Waals surface area contributed by atoms with E-state index in [9.17, 15) is 0 Å². The smallest absolute Gasteiger partial charge is 0.164 e. The van der Waals surface area contributed by atoms with E-state index in [1.807, 2.05) is 72.8 Å². The molecule has 0 saturated carbocycles. The highest BCUT2D eigenvalue weighted by atomic mass is 16.3. The molecule has 53 heavy (non-hydrogen) atoms. The van der Waals surface area contributed by atoms with Gasteiger partial charge in [0, 0.05) is 38.3 Å². The number of benzene rings is 7. The van der Waals surface area contributed by atoms with Crippen LogP contribution in [0, 0.1) is 0 Å². The molecule has 10 aromatic rings. The number of hydrogen-bond acceptors (Lipinski definition) is 4. The highest BCUT2D eigenvalue weighted by Crippen LogP contribution is 2.53. The van der Waals surface area contributed by atoms with Crippen LogP contribution in [0.3, 0.4) is 0 Å². The van der Waals surface area contributed by atoms with Crippen molar-refractivity contribution in [3.63, 3.8) is 0 Å². The first-order valence-electron chi connectivity index (χ1n) is 18.0. The summed E-state index contributed by atoms with van der Waals surface area (Å²) in [6.45, 7) is 4.69. The van der Waals surface area contributed by atoms with Crippen LogP contribution in [0.5, 0.6) is 0 Å². The first-order chi connectivity index (χ1) is 26.0. The molecule has 0 unspecified atom stereocenters. The lowest BCUT2D eigenvalue weighted by Crippen LogP contribution is -2.14. The van der Waals surface area contributed by atoms with Crippen molar-refractivity contribution in [1.29, 1.82) is 0 Å². The van der Waals surface area contributed by atoms with E-state index >= 15 is 0 Å². The monoisotopic (exact) mass is 680 g/mol. The lowest BCUT2D eigenvalue weighted by atomic mass is 9.82. The zero-order valence-corrected chi connectivity index (χ0v) is 29.2. The van der Waals surface area contributed by atoms with Crippen LogP contribution in [0.1, 0.15) is 25.0 Å². The normalized spacial score (nSPS) is 13.2. The summed E-state index contributed by atoms with van der Waals surface area (Å²) in [5.41, 5.74) is 12.9. The Morgan fingerprint density at radius 1 is 0.472 bits per heavy atom. The standard InChI is InChI=1S/C48H32N4O/c1-48(2)35-22-12-9-19-32(35)42-36(48)25-26-38-44(42)33-20-10-13-23-37(33)52(38)39-27-31(28-41-43(39)34-21-11-14-24-40(34)53-41)47-50-45(29-15-5-3-6-16-29)49-46(51-47)30-17-7-4-8-18-30/h3-28H,1-2H3. The lowest BCUT2D eigenvalue weighted by Gasteiger charge is -2.21. The molecule has 0 fully saturated rings. The average molecular weight is 681 g/mol. The van der Waals surface area contributed by atoms with Crippen molar-refractivity contribution in [1.82, 2.24) is 19.5 Å². The molecule has 0 spiro atoms. The van der Waals surface area contributed by atoms with Crippen LogP contribution >= 0.6 is 0 Å². The molecule has 0 saturated heterocycles. The Morgan fingerprint density at radius 2 is 1.08 bits per heavy atom. The molecule has 0 atom stereocenters. The van der Waals surface area contributed by atoms with Crippen molar-refractivity contribution in [2.45, 2.75) is 19.3 Å². The van der Waals surface area contributed by atoms with Gasteiger partial charge in [-0.3, -0.25) is 0 Å². The molecule has 3 heterocycles. The van der Waals surface area contributed by atoms with Gasteiger partial charge < -0.3 is 8.98 Å². The Hall–Kier alpha value is -6.85. The number of hydrogen-bond donors (Lipinski definition) is 0. The van der Waals surface area contributed by atoms with Crippen LogP contribution in [0.2, 0.25) is 0 Å². The zero-order valence-electron chi connectivity index (χ0n) is 29.2. The van der Waals surface area contributed by atoms with Gasteiger partial charge in [-0.1, -0.05) is 141 Å². The number of fused-ring (bicyclic) bond motifs is 10. The van der Waals surface area contributed by atoms with Crippen LogP contribution in [0.4, 0.5) is 0 Å². The Bertz CT molecular complexity index is 3020. The number of rotatable bonds is 4. The minimum Gasteiger partial charge on any atom is -0.456 e. The molecule has 3 aromatic heterocycles. The second-order valence-electron chi connectivity index (χ2n) is 14.4. The number of aromatic nitrogens is 4. The zero-order chi connectivity index (χ0) is 35.3. The SMILES string of the molecule is CC1(C)c2ccccc2-c2c1ccc1c2c2ccccc2n1-c1cc(-c2nc(-c3ccccc3)nc(-c3ccccc3)n2)cc2oc3ccccc3c12. The number of furan rings is 1. The third-order valence-electron chi connectivity index (χ3n) is 11.0. The molecule has 0 amide bonds. The van der Waals surface area contributed by atoms with Crippen molar-refractivity contribution < 1.29 is 4.42 Å². The van der Waals surface area contributed by atoms with Crippen LogP contribution in [0.15, 0.2) is 162 Å². The molecule has 250 valence electrons. The van der Waals surface area contributed by atoms with Crippen LogP contribution < -0.4 is 0 Å². The quantitative estimate of drug-likeness (QED) is 0.186. The summed E-state index contributed by atoms with van der Waals surface area (Å²) in [5, 5.41) is 4.60. The predicted octanol–water partition coefficient (Wildman–Crippen LogP) is 12.2. The Kier molecular flexibility index (Phi) is 6.23. The number of para-hydroxylation sites is 2. The van der Waals surface area contributed by atoms with Crippen LogP contribution in [-0.2, 0) is 5.41 Å². The van der Waals surface area contributed by atoms with Crippen molar-refractivity contribution >= 4 is 43.7 Å². The summed E-state index contributed by atoms with van der Waals surface area (Å²) in [5.74, 6) is 1.82. The topological polar surface area (TPSA) is 56.7 Å². The summed E-state index contributed by atoms with van der Waals surface area (Å²) in [6, 6.07) is 55.2. The third kappa shape index (κ3) is 4.34. The third-order valence-corrected chi connectivity index (χ3v) is 11.0. The van der Waals surface area contributed by atoms with Crippen molar-refractivity contribution in [3.05, 3.63) is 169 Å². The van der Waals surface area contributed by atoms with E-state index in [2.05, 4.69) is 103 Å². The van der Waals surface area contributed by atoms with Gasteiger partial charge in [0.25, 0.3) is 0 Å². The second-order valence-corrected chi connectivity index (χ2v) is 14.4. The first kappa shape index (κ1) is 29.8. The van der Waals surface area contributed by atoms with Gasteiger partial charge in [0.15, 0.2) is 17.5 Å². The second kappa shape index (κ2) is 11.1. The van der Waals surface area contributed by atoms with E-state index in [-0.39, 0.29) is 5.41 Å². The molecule has 1 aliphatic carbocycles. The Morgan fingerprint density at radius 3 is 1.81 bits per heavy atom. The summed E-state index contributed by atoms with van der Waals surface area (Å²) < 4.78 is 9.09. The van der Waals surface area contributed by atoms with Crippen molar-refractivity contribution in [3.8, 4) is 51.0 Å². The predicted molar refractivity (Wildman–Crippen MR) is 215 cm³/mol. The summed E-state index contributed by atoms with van der Waals surface area (Å²) in [4.78, 5) is 15.2. The van der Waals surface area contributed by atoms with Crippen molar-refractivity contribution in [2.24, 2.45) is 0 Å². The van der Waals surface area contributed by atoms with Gasteiger partial charge in [0.05, 0.1) is 22.1 Å². The highest BCUT2D eigenvalue weighted by Gasteiger charge is 2.37. The van der Waals surface area contributed by atoms with E-state index in [4.69, 9.17) is 19.4 Å².